The zero-order chi connectivity index (χ0) is 13.9. The number of nitriles is 1. The van der Waals surface area contributed by atoms with Crippen LogP contribution in [0.5, 0.6) is 5.75 Å². The lowest BCUT2D eigenvalue weighted by Gasteiger charge is -1.98. The Morgan fingerprint density at radius 1 is 1.40 bits per heavy atom. The number of aliphatic imine (C=N–C) groups is 1. The van der Waals surface area contributed by atoms with E-state index in [0.717, 1.165) is 18.4 Å². The molecule has 1 aromatic carbocycles. The van der Waals surface area contributed by atoms with Crippen LogP contribution in [0.4, 0.5) is 11.6 Å². The van der Waals surface area contributed by atoms with Gasteiger partial charge in [0.05, 0.1) is 0 Å². The second-order valence-electron chi connectivity index (χ2n) is 4.68. The number of phenolic OH excluding ortho intramolecular Hbond substituents is 1. The van der Waals surface area contributed by atoms with Gasteiger partial charge in [0.2, 0.25) is 0 Å². The Hall–Kier alpha value is -2.81. The largest absolute Gasteiger partial charge is 0.508 e. The third-order valence-corrected chi connectivity index (χ3v) is 3.01. The fourth-order valence-corrected chi connectivity index (χ4v) is 1.76. The number of hydrogen-bond donors (Lipinski definition) is 3. The molecule has 3 N–H and O–H groups in total. The van der Waals surface area contributed by atoms with Crippen molar-refractivity contribution in [3.05, 3.63) is 35.4 Å². The SMILES string of the molecule is N#Cc1c(NC2CC2)n[nH]c1N=Cc1ccc(O)cc1. The minimum atomic E-state index is 0.206. The van der Waals surface area contributed by atoms with E-state index < -0.39 is 0 Å². The zero-order valence-corrected chi connectivity index (χ0v) is 10.7. The summed E-state index contributed by atoms with van der Waals surface area (Å²) in [7, 11) is 0. The number of H-pyrrole nitrogens is 1. The Kier molecular flexibility index (Phi) is 3.09. The molecule has 6 nitrogen and oxygen atoms in total. The number of phenols is 1. The molecule has 3 rings (SSSR count). The molecule has 1 aromatic heterocycles. The molecule has 0 saturated heterocycles. The van der Waals surface area contributed by atoms with Crippen molar-refractivity contribution >= 4 is 17.9 Å². The second-order valence-corrected chi connectivity index (χ2v) is 4.68. The number of nitrogens with one attached hydrogen (secondary N) is 2. The molecule has 1 saturated carbocycles. The fraction of sp³-hybridized carbons (Fsp3) is 0.214. The van der Waals surface area contributed by atoms with Gasteiger partial charge in [-0.3, -0.25) is 5.10 Å². The van der Waals surface area contributed by atoms with Crippen molar-refractivity contribution < 1.29 is 5.11 Å². The highest BCUT2D eigenvalue weighted by atomic mass is 16.3. The van der Waals surface area contributed by atoms with Crippen LogP contribution < -0.4 is 5.32 Å². The number of rotatable bonds is 4. The summed E-state index contributed by atoms with van der Waals surface area (Å²) in [4.78, 5) is 4.24. The van der Waals surface area contributed by atoms with Gasteiger partial charge in [-0.05, 0) is 42.7 Å². The van der Waals surface area contributed by atoms with E-state index in [1.807, 2.05) is 0 Å². The fourth-order valence-electron chi connectivity index (χ4n) is 1.76. The molecular formula is C14H13N5O. The van der Waals surface area contributed by atoms with Crippen molar-refractivity contribution in [3.63, 3.8) is 0 Å². The summed E-state index contributed by atoms with van der Waals surface area (Å²) in [6.45, 7) is 0. The first-order valence-electron chi connectivity index (χ1n) is 6.34. The Balaban J connectivity index is 1.81. The molecule has 100 valence electrons. The first-order valence-corrected chi connectivity index (χ1v) is 6.34. The average Bonchev–Trinajstić information content (AvgIpc) is 3.18. The van der Waals surface area contributed by atoms with Crippen LogP contribution in [-0.4, -0.2) is 27.6 Å². The highest BCUT2D eigenvalue weighted by molar-refractivity contribution is 5.83. The number of aromatic hydroxyl groups is 1. The topological polar surface area (TPSA) is 97.1 Å². The van der Waals surface area contributed by atoms with Crippen LogP contribution in [0.25, 0.3) is 0 Å². The van der Waals surface area contributed by atoms with Crippen molar-refractivity contribution in [1.29, 1.82) is 5.26 Å². The van der Waals surface area contributed by atoms with Crippen LogP contribution in [0.15, 0.2) is 29.3 Å². The van der Waals surface area contributed by atoms with E-state index in [0.29, 0.717) is 23.2 Å². The number of aromatic amines is 1. The van der Waals surface area contributed by atoms with Gasteiger partial charge in [-0.25, -0.2) is 4.99 Å². The van der Waals surface area contributed by atoms with Gasteiger partial charge >= 0.3 is 0 Å². The quantitative estimate of drug-likeness (QED) is 0.740. The molecule has 0 radical (unpaired) electrons. The summed E-state index contributed by atoms with van der Waals surface area (Å²) in [5.74, 6) is 1.20. The standard InChI is InChI=1S/C14H13N5O/c15-7-12-13(18-19-14(12)17-10-3-4-10)16-8-9-1-5-11(20)6-2-9/h1-2,5-6,8,10,20H,3-4H2,(H2,17,18,19). The number of aromatic nitrogens is 2. The van der Waals surface area contributed by atoms with E-state index in [-0.39, 0.29) is 5.75 Å². The van der Waals surface area contributed by atoms with E-state index in [1.165, 1.54) is 0 Å². The first kappa shape index (κ1) is 12.2. The van der Waals surface area contributed by atoms with E-state index in [9.17, 15) is 10.4 Å². The second kappa shape index (κ2) is 5.05. The van der Waals surface area contributed by atoms with Gasteiger partial charge in [0.1, 0.15) is 17.4 Å². The number of anilines is 1. The van der Waals surface area contributed by atoms with Gasteiger partial charge in [0.15, 0.2) is 11.6 Å². The lowest BCUT2D eigenvalue weighted by atomic mass is 10.2. The molecule has 0 unspecified atom stereocenters. The lowest BCUT2D eigenvalue weighted by molar-refractivity contribution is 0.475. The molecule has 20 heavy (non-hydrogen) atoms. The van der Waals surface area contributed by atoms with Gasteiger partial charge in [-0.1, -0.05) is 0 Å². The molecule has 0 amide bonds. The summed E-state index contributed by atoms with van der Waals surface area (Å²) in [5, 5.41) is 28.4. The van der Waals surface area contributed by atoms with Crippen LogP contribution >= 0.6 is 0 Å². The normalized spacial score (nSPS) is 14.3. The van der Waals surface area contributed by atoms with Crippen molar-refractivity contribution in [3.8, 4) is 11.8 Å². The maximum absolute atomic E-state index is 9.21. The molecule has 1 fully saturated rings. The molecule has 1 heterocycles. The van der Waals surface area contributed by atoms with Crippen LogP contribution in [0.1, 0.15) is 24.0 Å². The molecule has 0 spiro atoms. The maximum atomic E-state index is 9.21. The van der Waals surface area contributed by atoms with Crippen LogP contribution in [0.2, 0.25) is 0 Å². The van der Waals surface area contributed by atoms with Crippen molar-refractivity contribution in [2.75, 3.05) is 5.32 Å². The molecule has 1 aliphatic carbocycles. The monoisotopic (exact) mass is 267 g/mol. The Morgan fingerprint density at radius 2 is 2.15 bits per heavy atom. The Morgan fingerprint density at radius 3 is 2.80 bits per heavy atom. The predicted molar refractivity (Wildman–Crippen MR) is 75.3 cm³/mol. The first-order chi connectivity index (χ1) is 9.76. The minimum Gasteiger partial charge on any atom is -0.508 e. The lowest BCUT2D eigenvalue weighted by Crippen LogP contribution is -2.02. The molecule has 0 atom stereocenters. The van der Waals surface area contributed by atoms with Crippen LogP contribution in [0.3, 0.4) is 0 Å². The summed E-state index contributed by atoms with van der Waals surface area (Å²) in [6, 6.07) is 9.19. The van der Waals surface area contributed by atoms with E-state index in [4.69, 9.17) is 0 Å². The molecule has 6 heteroatoms. The number of benzene rings is 1. The van der Waals surface area contributed by atoms with Crippen molar-refractivity contribution in [1.82, 2.24) is 10.2 Å². The van der Waals surface area contributed by atoms with Gasteiger partial charge < -0.3 is 10.4 Å². The van der Waals surface area contributed by atoms with Crippen LogP contribution in [0, 0.1) is 11.3 Å². The van der Waals surface area contributed by atoms with E-state index in [1.54, 1.807) is 30.5 Å². The summed E-state index contributed by atoms with van der Waals surface area (Å²) < 4.78 is 0. The Labute approximate surface area is 115 Å². The van der Waals surface area contributed by atoms with Crippen molar-refractivity contribution in [2.24, 2.45) is 4.99 Å². The van der Waals surface area contributed by atoms with E-state index >= 15 is 0 Å². The number of hydrogen-bond acceptors (Lipinski definition) is 5. The predicted octanol–water partition coefficient (Wildman–Crippen LogP) is 2.31. The summed E-state index contributed by atoms with van der Waals surface area (Å²) >= 11 is 0. The van der Waals surface area contributed by atoms with Gasteiger partial charge in [-0.2, -0.15) is 10.4 Å². The maximum Gasteiger partial charge on any atom is 0.168 e. The average molecular weight is 267 g/mol. The van der Waals surface area contributed by atoms with Gasteiger partial charge in [0, 0.05) is 12.3 Å². The van der Waals surface area contributed by atoms with Crippen molar-refractivity contribution in [2.45, 2.75) is 18.9 Å². The highest BCUT2D eigenvalue weighted by Gasteiger charge is 2.24. The molecule has 0 bridgehead atoms. The molecular weight excluding hydrogens is 254 g/mol. The summed E-state index contributed by atoms with van der Waals surface area (Å²) in [5.41, 5.74) is 1.25. The minimum absolute atomic E-state index is 0.206. The molecule has 2 aromatic rings. The highest BCUT2D eigenvalue weighted by Crippen LogP contribution is 2.28. The smallest absolute Gasteiger partial charge is 0.168 e. The van der Waals surface area contributed by atoms with Gasteiger partial charge in [-0.15, -0.1) is 0 Å². The van der Waals surface area contributed by atoms with Gasteiger partial charge in [0.25, 0.3) is 0 Å². The summed E-state index contributed by atoms with van der Waals surface area (Å²) in [6.07, 6.45) is 3.85. The van der Waals surface area contributed by atoms with Crippen LogP contribution in [-0.2, 0) is 0 Å². The zero-order valence-electron chi connectivity index (χ0n) is 10.7. The van der Waals surface area contributed by atoms with E-state index in [2.05, 4.69) is 26.6 Å². The third-order valence-electron chi connectivity index (χ3n) is 3.01. The number of nitrogens with zero attached hydrogens (tertiary/aromatic N) is 3. The molecule has 0 aliphatic heterocycles. The Bertz CT molecular complexity index is 677. The third kappa shape index (κ3) is 2.62. The molecule has 1 aliphatic rings.